The SMILES string of the molecule is CN(C)CCN1CCC(CNC(=O)[C@@H]2CCC[C@@H]2CN)CC1.Cl.Cl. The van der Waals surface area contributed by atoms with Crippen LogP contribution in [0.2, 0.25) is 0 Å². The van der Waals surface area contributed by atoms with Crippen molar-refractivity contribution in [3.63, 3.8) is 0 Å². The van der Waals surface area contributed by atoms with Crippen LogP contribution in [0.3, 0.4) is 0 Å². The third-order valence-corrected chi connectivity index (χ3v) is 5.43. The van der Waals surface area contributed by atoms with Gasteiger partial charge in [-0.1, -0.05) is 6.42 Å². The van der Waals surface area contributed by atoms with E-state index in [0.717, 1.165) is 38.9 Å². The van der Waals surface area contributed by atoms with Crippen LogP contribution in [0.25, 0.3) is 0 Å². The smallest absolute Gasteiger partial charge is 0.223 e. The summed E-state index contributed by atoms with van der Waals surface area (Å²) >= 11 is 0. The minimum absolute atomic E-state index is 0. The lowest BCUT2D eigenvalue weighted by molar-refractivity contribution is -0.126. The Balaban J connectivity index is 0.00000264. The molecule has 0 radical (unpaired) electrons. The number of carbonyl (C=O) groups is 1. The van der Waals surface area contributed by atoms with E-state index in [2.05, 4.69) is 29.2 Å². The molecule has 5 nitrogen and oxygen atoms in total. The van der Waals surface area contributed by atoms with Crippen molar-refractivity contribution in [2.45, 2.75) is 32.1 Å². The van der Waals surface area contributed by atoms with Crippen LogP contribution in [0.4, 0.5) is 0 Å². The number of carbonyl (C=O) groups excluding carboxylic acids is 1. The van der Waals surface area contributed by atoms with E-state index in [9.17, 15) is 4.79 Å². The summed E-state index contributed by atoms with van der Waals surface area (Å²) in [4.78, 5) is 17.1. The molecular formula is C17H36Cl2N4O. The van der Waals surface area contributed by atoms with Gasteiger partial charge in [0, 0.05) is 25.6 Å². The fourth-order valence-electron chi connectivity index (χ4n) is 3.80. The monoisotopic (exact) mass is 382 g/mol. The van der Waals surface area contributed by atoms with Gasteiger partial charge in [-0.05, 0) is 71.2 Å². The molecule has 3 N–H and O–H groups in total. The highest BCUT2D eigenvalue weighted by atomic mass is 35.5. The zero-order valence-corrected chi connectivity index (χ0v) is 16.8. The van der Waals surface area contributed by atoms with Crippen molar-refractivity contribution in [2.24, 2.45) is 23.5 Å². The third-order valence-electron chi connectivity index (χ3n) is 5.43. The average molecular weight is 383 g/mol. The van der Waals surface area contributed by atoms with E-state index < -0.39 is 0 Å². The molecule has 0 spiro atoms. The first kappa shape index (κ1) is 23.9. The summed E-state index contributed by atoms with van der Waals surface area (Å²) in [6.07, 6.45) is 5.72. The summed E-state index contributed by atoms with van der Waals surface area (Å²) < 4.78 is 0. The van der Waals surface area contributed by atoms with Gasteiger partial charge < -0.3 is 20.9 Å². The maximum atomic E-state index is 12.3. The van der Waals surface area contributed by atoms with Crippen LogP contribution >= 0.6 is 24.8 Å². The maximum absolute atomic E-state index is 12.3. The molecule has 0 aromatic heterocycles. The summed E-state index contributed by atoms with van der Waals surface area (Å²) in [6, 6.07) is 0. The van der Waals surface area contributed by atoms with Gasteiger partial charge >= 0.3 is 0 Å². The van der Waals surface area contributed by atoms with Crippen LogP contribution in [0.1, 0.15) is 32.1 Å². The second-order valence-corrected chi connectivity index (χ2v) is 7.37. The van der Waals surface area contributed by atoms with Crippen LogP contribution in [0.5, 0.6) is 0 Å². The second kappa shape index (κ2) is 12.3. The second-order valence-electron chi connectivity index (χ2n) is 7.37. The topological polar surface area (TPSA) is 61.6 Å². The molecule has 1 saturated heterocycles. The number of hydrogen-bond acceptors (Lipinski definition) is 4. The molecule has 2 atom stereocenters. The largest absolute Gasteiger partial charge is 0.356 e. The molecule has 1 amide bonds. The predicted octanol–water partition coefficient (Wildman–Crippen LogP) is 1.59. The number of nitrogens with one attached hydrogen (secondary N) is 1. The van der Waals surface area contributed by atoms with Crippen LogP contribution < -0.4 is 11.1 Å². The number of rotatable bonds is 7. The molecular weight excluding hydrogens is 347 g/mol. The lowest BCUT2D eigenvalue weighted by Crippen LogP contribution is -2.42. The van der Waals surface area contributed by atoms with Crippen molar-refractivity contribution < 1.29 is 4.79 Å². The lowest BCUT2D eigenvalue weighted by atomic mass is 9.93. The molecule has 0 aromatic carbocycles. The highest BCUT2D eigenvalue weighted by molar-refractivity contribution is 5.85. The highest BCUT2D eigenvalue weighted by Gasteiger charge is 2.32. The van der Waals surface area contributed by atoms with Crippen LogP contribution in [0.15, 0.2) is 0 Å². The third kappa shape index (κ3) is 7.44. The van der Waals surface area contributed by atoms with Crippen molar-refractivity contribution in [3.05, 3.63) is 0 Å². The minimum Gasteiger partial charge on any atom is -0.356 e. The summed E-state index contributed by atoms with van der Waals surface area (Å²) in [7, 11) is 4.25. The number of amides is 1. The zero-order valence-electron chi connectivity index (χ0n) is 15.2. The van der Waals surface area contributed by atoms with Gasteiger partial charge in [0.15, 0.2) is 0 Å². The van der Waals surface area contributed by atoms with Crippen molar-refractivity contribution in [1.29, 1.82) is 0 Å². The van der Waals surface area contributed by atoms with Gasteiger partial charge in [-0.2, -0.15) is 0 Å². The number of likely N-dealkylation sites (tertiary alicyclic amines) is 1. The average Bonchev–Trinajstić information content (AvgIpc) is 3.00. The van der Waals surface area contributed by atoms with Crippen molar-refractivity contribution in [2.75, 3.05) is 53.4 Å². The van der Waals surface area contributed by atoms with E-state index in [1.807, 2.05) is 0 Å². The van der Waals surface area contributed by atoms with Gasteiger partial charge in [-0.15, -0.1) is 24.8 Å². The Morgan fingerprint density at radius 1 is 1.17 bits per heavy atom. The van der Waals surface area contributed by atoms with Crippen LogP contribution in [-0.4, -0.2) is 69.1 Å². The number of nitrogens with zero attached hydrogens (tertiary/aromatic N) is 2. The summed E-state index contributed by atoms with van der Waals surface area (Å²) in [5.41, 5.74) is 5.78. The summed E-state index contributed by atoms with van der Waals surface area (Å²) in [6.45, 7) is 6.14. The van der Waals surface area contributed by atoms with E-state index in [1.165, 1.54) is 25.9 Å². The van der Waals surface area contributed by atoms with Crippen molar-refractivity contribution >= 4 is 30.7 Å². The molecule has 1 heterocycles. The first-order valence-corrected chi connectivity index (χ1v) is 8.95. The molecule has 2 fully saturated rings. The van der Waals surface area contributed by atoms with Gasteiger partial charge in [0.25, 0.3) is 0 Å². The Morgan fingerprint density at radius 2 is 1.83 bits per heavy atom. The summed E-state index contributed by atoms with van der Waals surface area (Å²) in [5, 5.41) is 3.20. The molecule has 2 rings (SSSR count). The minimum atomic E-state index is 0. The highest BCUT2D eigenvalue weighted by Crippen LogP contribution is 2.31. The Hall–Kier alpha value is -0.0700. The Morgan fingerprint density at radius 3 is 2.42 bits per heavy atom. The first-order chi connectivity index (χ1) is 10.6. The zero-order chi connectivity index (χ0) is 15.9. The molecule has 2 aliphatic rings. The van der Waals surface area contributed by atoms with Crippen molar-refractivity contribution in [1.82, 2.24) is 15.1 Å². The normalized spacial score (nSPS) is 25.2. The number of piperidine rings is 1. The molecule has 1 saturated carbocycles. The Kier molecular flexibility index (Phi) is 12.3. The van der Waals surface area contributed by atoms with Gasteiger partial charge in [-0.3, -0.25) is 4.79 Å². The molecule has 1 aliphatic carbocycles. The molecule has 24 heavy (non-hydrogen) atoms. The predicted molar refractivity (Wildman–Crippen MR) is 105 cm³/mol. The van der Waals surface area contributed by atoms with Crippen LogP contribution in [-0.2, 0) is 4.79 Å². The molecule has 7 heteroatoms. The van der Waals surface area contributed by atoms with Gasteiger partial charge in [0.1, 0.15) is 0 Å². The molecule has 144 valence electrons. The number of hydrogen-bond donors (Lipinski definition) is 2. The fourth-order valence-corrected chi connectivity index (χ4v) is 3.80. The van der Waals surface area contributed by atoms with E-state index in [-0.39, 0.29) is 36.6 Å². The molecule has 0 unspecified atom stereocenters. The Labute approximate surface area is 159 Å². The number of halogens is 2. The molecule has 0 bridgehead atoms. The fraction of sp³-hybridized carbons (Fsp3) is 0.941. The quantitative estimate of drug-likeness (QED) is 0.701. The maximum Gasteiger partial charge on any atom is 0.223 e. The van der Waals surface area contributed by atoms with E-state index >= 15 is 0 Å². The van der Waals surface area contributed by atoms with E-state index in [1.54, 1.807) is 0 Å². The van der Waals surface area contributed by atoms with Crippen molar-refractivity contribution in [3.8, 4) is 0 Å². The summed E-state index contributed by atoms with van der Waals surface area (Å²) in [5.74, 6) is 1.48. The molecule has 1 aliphatic heterocycles. The standard InChI is InChI=1S/C17H34N4O.2ClH/c1-20(2)10-11-21-8-6-14(7-9-21)13-19-17(22)16-5-3-4-15(16)12-18;;/h14-16H,3-13,18H2,1-2H3,(H,19,22);2*1H/t15-,16-;;/m1../s1. The van der Waals surface area contributed by atoms with Gasteiger partial charge in [0.05, 0.1) is 0 Å². The first-order valence-electron chi connectivity index (χ1n) is 8.95. The van der Waals surface area contributed by atoms with E-state index in [4.69, 9.17) is 5.73 Å². The number of likely N-dealkylation sites (N-methyl/N-ethyl adjacent to an activating group) is 1. The van der Waals surface area contributed by atoms with Gasteiger partial charge in [0.2, 0.25) is 5.91 Å². The molecule has 0 aromatic rings. The lowest BCUT2D eigenvalue weighted by Gasteiger charge is -2.33. The van der Waals surface area contributed by atoms with Gasteiger partial charge in [-0.25, -0.2) is 0 Å². The van der Waals surface area contributed by atoms with E-state index in [0.29, 0.717) is 18.4 Å². The van der Waals surface area contributed by atoms with Crippen LogP contribution in [0, 0.1) is 17.8 Å². The Bertz CT molecular complexity index is 349. The number of nitrogens with two attached hydrogens (primary N) is 1.